The van der Waals surface area contributed by atoms with E-state index in [2.05, 4.69) is 33.8 Å². The Labute approximate surface area is 206 Å². The van der Waals surface area contributed by atoms with E-state index in [4.69, 9.17) is 16.6 Å². The summed E-state index contributed by atoms with van der Waals surface area (Å²) in [4.78, 5) is 18.9. The number of hydrogen-bond donors (Lipinski definition) is 0. The number of amides is 1. The first-order valence-corrected chi connectivity index (χ1v) is 12.6. The van der Waals surface area contributed by atoms with E-state index in [1.165, 1.54) is 18.3 Å². The number of halogens is 1. The first-order chi connectivity index (χ1) is 15.8. The summed E-state index contributed by atoms with van der Waals surface area (Å²) in [6.07, 6.45) is 0. The number of anilines is 2. The third kappa shape index (κ3) is 4.83. The van der Waals surface area contributed by atoms with Crippen molar-refractivity contribution >= 4 is 51.4 Å². The largest absolute Gasteiger partial charge is 0.274 e. The molecule has 0 radical (unpaired) electrons. The van der Waals surface area contributed by atoms with E-state index in [1.54, 1.807) is 16.7 Å². The molecule has 0 spiro atoms. The molecule has 2 aromatic heterocycles. The van der Waals surface area contributed by atoms with Crippen LogP contribution < -0.4 is 4.90 Å². The van der Waals surface area contributed by atoms with E-state index in [0.717, 1.165) is 39.1 Å². The number of carbonyl (C=O) groups is 1. The van der Waals surface area contributed by atoms with Crippen LogP contribution in [0.15, 0.2) is 46.9 Å². The maximum absolute atomic E-state index is 12.6. The number of para-hydroxylation sites is 1. The quantitative estimate of drug-likeness (QED) is 0.281. The Bertz CT molecular complexity index is 1310. The second-order valence-electron chi connectivity index (χ2n) is 7.83. The van der Waals surface area contributed by atoms with E-state index < -0.39 is 0 Å². The monoisotopic (exact) mass is 497 g/mol. The van der Waals surface area contributed by atoms with E-state index in [9.17, 15) is 4.79 Å². The number of carbonyl (C=O) groups excluding carboxylic acids is 1. The Morgan fingerprint density at radius 3 is 2.58 bits per heavy atom. The van der Waals surface area contributed by atoms with Gasteiger partial charge in [0.1, 0.15) is 5.82 Å². The molecule has 2 heterocycles. The van der Waals surface area contributed by atoms with Crippen molar-refractivity contribution in [3.05, 3.63) is 75.0 Å². The third-order valence-corrected chi connectivity index (χ3v) is 7.29. The Kier molecular flexibility index (Phi) is 6.88. The SMILES string of the molecule is CC(=O)N(c1nc(CSc2nnc(C)n2-c2ccccc2C)cs1)c1c(C)cc(C)cc1Cl. The van der Waals surface area contributed by atoms with E-state index >= 15 is 0 Å². The van der Waals surface area contributed by atoms with Gasteiger partial charge in [0.2, 0.25) is 5.91 Å². The lowest BCUT2D eigenvalue weighted by atomic mass is 10.1. The molecule has 0 saturated carbocycles. The minimum atomic E-state index is -0.132. The maximum atomic E-state index is 12.6. The summed E-state index contributed by atoms with van der Waals surface area (Å²) in [5.41, 5.74) is 5.74. The van der Waals surface area contributed by atoms with Gasteiger partial charge in [-0.05, 0) is 56.5 Å². The summed E-state index contributed by atoms with van der Waals surface area (Å²) in [5.74, 6) is 1.30. The molecule has 0 unspecified atom stereocenters. The average Bonchev–Trinajstić information content (AvgIpc) is 3.35. The minimum Gasteiger partial charge on any atom is -0.274 e. The zero-order valence-electron chi connectivity index (χ0n) is 19.1. The average molecular weight is 498 g/mol. The fourth-order valence-electron chi connectivity index (χ4n) is 3.71. The number of benzene rings is 2. The van der Waals surface area contributed by atoms with Crippen molar-refractivity contribution in [1.29, 1.82) is 0 Å². The third-order valence-electron chi connectivity index (χ3n) is 5.17. The number of rotatable bonds is 6. The molecule has 0 atom stereocenters. The normalized spacial score (nSPS) is 11.1. The zero-order chi connectivity index (χ0) is 23.7. The molecular formula is C24H24ClN5OS2. The smallest absolute Gasteiger partial charge is 0.230 e. The first-order valence-electron chi connectivity index (χ1n) is 10.4. The number of hydrogen-bond acceptors (Lipinski definition) is 6. The second-order valence-corrected chi connectivity index (χ2v) is 10.0. The van der Waals surface area contributed by atoms with Crippen molar-refractivity contribution in [3.63, 3.8) is 0 Å². The standard InChI is InChI=1S/C24H24ClN5OS2/c1-14-10-16(3)22(20(25)11-14)30(18(5)31)23-26-19(12-32-23)13-33-24-28-27-17(4)29(24)21-9-7-6-8-15(21)2/h6-12H,13H2,1-5H3. The number of aryl methyl sites for hydroxylation is 4. The number of nitrogens with zero attached hydrogens (tertiary/aromatic N) is 5. The van der Waals surface area contributed by atoms with Crippen molar-refractivity contribution in [2.75, 3.05) is 4.90 Å². The fourth-order valence-corrected chi connectivity index (χ4v) is 5.98. The van der Waals surface area contributed by atoms with Crippen LogP contribution >= 0.6 is 34.7 Å². The fraction of sp³-hybridized carbons (Fsp3) is 0.250. The van der Waals surface area contributed by atoms with Gasteiger partial charge in [-0.2, -0.15) is 0 Å². The van der Waals surface area contributed by atoms with Gasteiger partial charge in [-0.3, -0.25) is 14.3 Å². The topological polar surface area (TPSA) is 63.9 Å². The van der Waals surface area contributed by atoms with Gasteiger partial charge in [0, 0.05) is 18.1 Å². The van der Waals surface area contributed by atoms with Gasteiger partial charge < -0.3 is 0 Å². The van der Waals surface area contributed by atoms with E-state index in [0.29, 0.717) is 21.6 Å². The molecule has 6 nitrogen and oxygen atoms in total. The lowest BCUT2D eigenvalue weighted by Gasteiger charge is -2.22. The van der Waals surface area contributed by atoms with E-state index in [1.807, 2.05) is 50.4 Å². The molecule has 1 amide bonds. The molecule has 0 bridgehead atoms. The Balaban J connectivity index is 1.59. The van der Waals surface area contributed by atoms with Gasteiger partial charge in [0.25, 0.3) is 0 Å². The van der Waals surface area contributed by atoms with Gasteiger partial charge in [-0.15, -0.1) is 21.5 Å². The molecule has 0 aliphatic rings. The minimum absolute atomic E-state index is 0.132. The van der Waals surface area contributed by atoms with Crippen molar-refractivity contribution in [2.24, 2.45) is 0 Å². The van der Waals surface area contributed by atoms with Crippen molar-refractivity contribution in [1.82, 2.24) is 19.7 Å². The molecule has 0 aliphatic carbocycles. The van der Waals surface area contributed by atoms with Crippen molar-refractivity contribution in [3.8, 4) is 5.69 Å². The van der Waals surface area contributed by atoms with Crippen LogP contribution in [0.3, 0.4) is 0 Å². The summed E-state index contributed by atoms with van der Waals surface area (Å²) in [5, 5.41) is 12.6. The second kappa shape index (κ2) is 9.67. The van der Waals surface area contributed by atoms with Crippen LogP contribution in [0.25, 0.3) is 5.69 Å². The highest BCUT2D eigenvalue weighted by atomic mass is 35.5. The molecular weight excluding hydrogens is 474 g/mol. The molecule has 0 saturated heterocycles. The zero-order valence-corrected chi connectivity index (χ0v) is 21.5. The van der Waals surface area contributed by atoms with Crippen LogP contribution in [0.5, 0.6) is 0 Å². The van der Waals surface area contributed by atoms with Crippen LogP contribution in [0.2, 0.25) is 5.02 Å². The molecule has 170 valence electrons. The summed E-state index contributed by atoms with van der Waals surface area (Å²) in [7, 11) is 0. The van der Waals surface area contributed by atoms with Gasteiger partial charge in [0.15, 0.2) is 10.3 Å². The first kappa shape index (κ1) is 23.5. The maximum Gasteiger partial charge on any atom is 0.230 e. The van der Waals surface area contributed by atoms with Gasteiger partial charge in [0.05, 0.1) is 22.1 Å². The lowest BCUT2D eigenvalue weighted by molar-refractivity contribution is -0.115. The molecule has 0 N–H and O–H groups in total. The van der Waals surface area contributed by atoms with Crippen LogP contribution in [0.1, 0.15) is 35.1 Å². The van der Waals surface area contributed by atoms with E-state index in [-0.39, 0.29) is 5.91 Å². The summed E-state index contributed by atoms with van der Waals surface area (Å²) >= 11 is 9.51. The van der Waals surface area contributed by atoms with Crippen LogP contribution in [-0.2, 0) is 10.5 Å². The van der Waals surface area contributed by atoms with Crippen LogP contribution in [-0.4, -0.2) is 25.7 Å². The molecule has 4 rings (SSSR count). The van der Waals surface area contributed by atoms with Gasteiger partial charge >= 0.3 is 0 Å². The van der Waals surface area contributed by atoms with Crippen molar-refractivity contribution in [2.45, 2.75) is 45.5 Å². The molecule has 0 fully saturated rings. The summed E-state index contributed by atoms with van der Waals surface area (Å²) in [6, 6.07) is 12.1. The molecule has 2 aromatic carbocycles. The lowest BCUT2D eigenvalue weighted by Crippen LogP contribution is -2.24. The highest BCUT2D eigenvalue weighted by Gasteiger charge is 2.23. The molecule has 33 heavy (non-hydrogen) atoms. The number of thiazole rings is 1. The predicted molar refractivity (Wildman–Crippen MR) is 136 cm³/mol. The Hall–Kier alpha value is -2.68. The highest BCUT2D eigenvalue weighted by molar-refractivity contribution is 7.98. The van der Waals surface area contributed by atoms with Gasteiger partial charge in [-0.25, -0.2) is 4.98 Å². The molecule has 9 heteroatoms. The van der Waals surface area contributed by atoms with Crippen LogP contribution in [0, 0.1) is 27.7 Å². The van der Waals surface area contributed by atoms with Gasteiger partial charge in [-0.1, -0.05) is 47.6 Å². The Morgan fingerprint density at radius 1 is 1.12 bits per heavy atom. The highest BCUT2D eigenvalue weighted by Crippen LogP contribution is 2.38. The summed E-state index contributed by atoms with van der Waals surface area (Å²) in [6.45, 7) is 9.48. The molecule has 0 aliphatic heterocycles. The predicted octanol–water partition coefficient (Wildman–Crippen LogP) is 6.59. The number of thioether (sulfide) groups is 1. The Morgan fingerprint density at radius 2 is 1.88 bits per heavy atom. The number of aromatic nitrogens is 4. The summed E-state index contributed by atoms with van der Waals surface area (Å²) < 4.78 is 2.06. The van der Waals surface area contributed by atoms with Crippen LogP contribution in [0.4, 0.5) is 10.8 Å². The molecule has 4 aromatic rings. The van der Waals surface area contributed by atoms with Crippen molar-refractivity contribution < 1.29 is 4.79 Å².